The number of benzene rings is 2. The lowest BCUT2D eigenvalue weighted by molar-refractivity contribution is 0.601. The van der Waals surface area contributed by atoms with Crippen molar-refractivity contribution < 1.29 is 8.42 Å². The number of aromatic nitrogens is 1. The zero-order chi connectivity index (χ0) is 16.8. The van der Waals surface area contributed by atoms with Crippen molar-refractivity contribution >= 4 is 60.5 Å². The van der Waals surface area contributed by atoms with Crippen LogP contribution in [0.25, 0.3) is 10.2 Å². The smallest absolute Gasteiger partial charge is 0.302 e. The first kappa shape index (κ1) is 16.3. The third-order valence-corrected chi connectivity index (χ3v) is 6.00. The maximum absolute atomic E-state index is 12.5. The minimum Gasteiger partial charge on any atom is -0.302 e. The zero-order valence-electron chi connectivity index (χ0n) is 11.7. The van der Waals surface area contributed by atoms with Crippen molar-refractivity contribution in [1.29, 1.82) is 0 Å². The number of hydrogen-bond acceptors (Lipinski definition) is 4. The molecule has 0 radical (unpaired) electrons. The molecule has 0 aliphatic carbocycles. The van der Waals surface area contributed by atoms with Gasteiger partial charge in [0.25, 0.3) is 10.0 Å². The topological polar surface area (TPSA) is 68.2 Å². The van der Waals surface area contributed by atoms with Crippen LogP contribution in [-0.4, -0.2) is 13.0 Å². The summed E-state index contributed by atoms with van der Waals surface area (Å²) in [7, 11) is -2.17. The van der Waals surface area contributed by atoms with Gasteiger partial charge in [0.15, 0.2) is 0 Å². The van der Waals surface area contributed by atoms with Crippen LogP contribution < -0.4 is 9.60 Å². The molecule has 23 heavy (non-hydrogen) atoms. The Kier molecular flexibility index (Phi) is 4.14. The second-order valence-corrected chi connectivity index (χ2v) is 8.37. The lowest BCUT2D eigenvalue weighted by atomic mass is 10.3. The quantitative estimate of drug-likeness (QED) is 0.743. The van der Waals surface area contributed by atoms with Crippen molar-refractivity contribution in [3.8, 4) is 0 Å². The summed E-state index contributed by atoms with van der Waals surface area (Å²) in [5, 5.41) is 0.652. The van der Waals surface area contributed by atoms with Crippen molar-refractivity contribution in [1.82, 2.24) is 4.57 Å². The van der Waals surface area contributed by atoms with Crippen LogP contribution in [0, 0.1) is 0 Å². The largest absolute Gasteiger partial charge is 0.307 e. The van der Waals surface area contributed by atoms with Gasteiger partial charge in [-0.1, -0.05) is 34.5 Å². The highest BCUT2D eigenvalue weighted by Crippen LogP contribution is 2.26. The van der Waals surface area contributed by atoms with E-state index in [9.17, 15) is 13.2 Å². The average molecular weight is 389 g/mol. The van der Waals surface area contributed by atoms with E-state index in [1.807, 2.05) is 0 Å². The fraction of sp³-hybridized carbons (Fsp3) is 0.0714. The van der Waals surface area contributed by atoms with Crippen molar-refractivity contribution in [3.05, 3.63) is 56.1 Å². The molecule has 1 N–H and O–H groups in total. The van der Waals surface area contributed by atoms with Crippen molar-refractivity contribution in [2.24, 2.45) is 7.05 Å². The number of hydrogen-bond donors (Lipinski definition) is 1. The summed E-state index contributed by atoms with van der Waals surface area (Å²) in [5.41, 5.74) is 0.952. The molecule has 120 valence electrons. The fourth-order valence-corrected chi connectivity index (χ4v) is 4.69. The van der Waals surface area contributed by atoms with Gasteiger partial charge in [-0.3, -0.25) is 9.52 Å². The van der Waals surface area contributed by atoms with Crippen molar-refractivity contribution in [3.63, 3.8) is 0 Å². The van der Waals surface area contributed by atoms with Gasteiger partial charge in [0.1, 0.15) is 0 Å². The lowest BCUT2D eigenvalue weighted by Crippen LogP contribution is -2.13. The van der Waals surface area contributed by atoms with Gasteiger partial charge in [0.05, 0.1) is 20.8 Å². The Labute approximate surface area is 146 Å². The highest BCUT2D eigenvalue weighted by atomic mass is 35.5. The molecule has 5 nitrogen and oxygen atoms in total. The summed E-state index contributed by atoms with van der Waals surface area (Å²) in [6, 6.07) is 8.95. The summed E-state index contributed by atoms with van der Waals surface area (Å²) in [5.74, 6) is 0. The number of nitrogens with one attached hydrogen (secondary N) is 1. The standard InChI is InChI=1S/C14H10Cl2N2O3S2/c1-18-12-3-2-11(7-13(12)22-14(18)19)23(20,21)17-10-5-8(15)4-9(16)6-10/h2-7,17H,1H3. The van der Waals surface area contributed by atoms with Crippen LogP contribution in [0.3, 0.4) is 0 Å². The van der Waals surface area contributed by atoms with Crippen LogP contribution >= 0.6 is 34.5 Å². The Morgan fingerprint density at radius 1 is 1.09 bits per heavy atom. The maximum Gasteiger partial charge on any atom is 0.307 e. The fourth-order valence-electron chi connectivity index (χ4n) is 2.11. The van der Waals surface area contributed by atoms with E-state index >= 15 is 0 Å². The molecule has 0 atom stereocenters. The molecule has 1 aromatic heterocycles. The SMILES string of the molecule is Cn1c(=O)sc2cc(S(=O)(=O)Nc3cc(Cl)cc(Cl)c3)ccc21. The molecule has 9 heteroatoms. The Hall–Kier alpha value is -1.54. The Balaban J connectivity index is 2.03. The molecule has 3 rings (SSSR count). The van der Waals surface area contributed by atoms with Gasteiger partial charge in [-0.15, -0.1) is 0 Å². The van der Waals surface area contributed by atoms with E-state index in [-0.39, 0.29) is 15.5 Å². The molecular formula is C14H10Cl2N2O3S2. The van der Waals surface area contributed by atoms with Crippen LogP contribution in [0.1, 0.15) is 0 Å². The third-order valence-electron chi connectivity index (χ3n) is 3.19. The van der Waals surface area contributed by atoms with E-state index in [4.69, 9.17) is 23.2 Å². The Morgan fingerprint density at radius 3 is 2.39 bits per heavy atom. The van der Waals surface area contributed by atoms with Crippen LogP contribution in [-0.2, 0) is 17.1 Å². The van der Waals surface area contributed by atoms with Crippen LogP contribution in [0.15, 0.2) is 46.1 Å². The number of sulfonamides is 1. The molecule has 0 saturated carbocycles. The molecule has 0 saturated heterocycles. The zero-order valence-corrected chi connectivity index (χ0v) is 14.9. The minimum absolute atomic E-state index is 0.0583. The van der Waals surface area contributed by atoms with Gasteiger partial charge in [-0.05, 0) is 36.4 Å². The molecule has 0 amide bonds. The second-order valence-electron chi connectivity index (χ2n) is 4.82. The number of anilines is 1. The average Bonchev–Trinajstić information content (AvgIpc) is 2.72. The molecule has 0 unspecified atom stereocenters. The molecule has 0 spiro atoms. The molecule has 0 aliphatic rings. The van der Waals surface area contributed by atoms with Gasteiger partial charge < -0.3 is 4.57 Å². The van der Waals surface area contributed by atoms with Gasteiger partial charge in [-0.2, -0.15) is 0 Å². The number of rotatable bonds is 3. The number of fused-ring (bicyclic) bond motifs is 1. The monoisotopic (exact) mass is 388 g/mol. The first-order valence-corrected chi connectivity index (χ1v) is 9.40. The predicted octanol–water partition coefficient (Wildman–Crippen LogP) is 3.71. The summed E-state index contributed by atoms with van der Waals surface area (Å²) >= 11 is 12.7. The highest BCUT2D eigenvalue weighted by molar-refractivity contribution is 7.92. The molecule has 0 bridgehead atoms. The molecular weight excluding hydrogens is 379 g/mol. The second kappa shape index (κ2) is 5.83. The molecule has 3 aromatic rings. The van der Waals surface area contributed by atoms with E-state index in [1.54, 1.807) is 13.1 Å². The Bertz CT molecular complexity index is 1050. The van der Waals surface area contributed by atoms with E-state index in [0.29, 0.717) is 20.3 Å². The summed E-state index contributed by atoms with van der Waals surface area (Å²) in [4.78, 5) is 11.6. The normalized spacial score (nSPS) is 11.8. The van der Waals surface area contributed by atoms with E-state index in [2.05, 4.69) is 4.72 Å². The van der Waals surface area contributed by atoms with E-state index in [1.165, 1.54) is 34.9 Å². The number of nitrogens with zero attached hydrogens (tertiary/aromatic N) is 1. The third kappa shape index (κ3) is 3.23. The van der Waals surface area contributed by atoms with Crippen LogP contribution in [0.5, 0.6) is 0 Å². The summed E-state index contributed by atoms with van der Waals surface area (Å²) in [6.07, 6.45) is 0. The molecule has 0 fully saturated rings. The van der Waals surface area contributed by atoms with Gasteiger partial charge in [0.2, 0.25) is 0 Å². The van der Waals surface area contributed by atoms with Gasteiger partial charge in [0, 0.05) is 17.1 Å². The van der Waals surface area contributed by atoms with Gasteiger partial charge in [-0.25, -0.2) is 8.42 Å². The first-order chi connectivity index (χ1) is 10.8. The van der Waals surface area contributed by atoms with Crippen molar-refractivity contribution in [2.45, 2.75) is 4.90 Å². The number of aryl methyl sites for hydroxylation is 1. The Morgan fingerprint density at radius 2 is 1.74 bits per heavy atom. The van der Waals surface area contributed by atoms with Crippen LogP contribution in [0.4, 0.5) is 5.69 Å². The molecule has 0 aliphatic heterocycles. The van der Waals surface area contributed by atoms with E-state index in [0.717, 1.165) is 11.3 Å². The highest BCUT2D eigenvalue weighted by Gasteiger charge is 2.17. The first-order valence-electron chi connectivity index (χ1n) is 6.35. The number of thiazole rings is 1. The van der Waals surface area contributed by atoms with Crippen LogP contribution in [0.2, 0.25) is 10.0 Å². The molecule has 2 aromatic carbocycles. The van der Waals surface area contributed by atoms with Gasteiger partial charge >= 0.3 is 4.87 Å². The minimum atomic E-state index is -3.81. The molecule has 1 heterocycles. The lowest BCUT2D eigenvalue weighted by Gasteiger charge is -2.09. The number of halogens is 2. The summed E-state index contributed by atoms with van der Waals surface area (Å²) in [6.45, 7) is 0. The summed E-state index contributed by atoms with van der Waals surface area (Å²) < 4.78 is 29.5. The van der Waals surface area contributed by atoms with Crippen molar-refractivity contribution in [2.75, 3.05) is 4.72 Å². The van der Waals surface area contributed by atoms with E-state index < -0.39 is 10.0 Å². The predicted molar refractivity (Wildman–Crippen MR) is 94.3 cm³/mol. The maximum atomic E-state index is 12.5.